The Morgan fingerprint density at radius 3 is 1.96 bits per heavy atom. The summed E-state index contributed by atoms with van der Waals surface area (Å²) in [6.07, 6.45) is 0. The van der Waals surface area contributed by atoms with Crippen LogP contribution in [-0.4, -0.2) is 12.6 Å². The highest BCUT2D eigenvalue weighted by molar-refractivity contribution is 5.96. The quantitative estimate of drug-likeness (QED) is 0.592. The van der Waals surface area contributed by atoms with Crippen molar-refractivity contribution < 1.29 is 4.84 Å². The van der Waals surface area contributed by atoms with Crippen LogP contribution in [0.3, 0.4) is 0 Å². The van der Waals surface area contributed by atoms with Crippen LogP contribution < -0.4 is 5.06 Å². The molecule has 27 heavy (non-hydrogen) atoms. The van der Waals surface area contributed by atoms with Crippen molar-refractivity contribution >= 4 is 11.6 Å². The number of hydrogen-bond donors (Lipinski definition) is 0. The first-order chi connectivity index (χ1) is 13.0. The van der Waals surface area contributed by atoms with Gasteiger partial charge in [0.2, 0.25) is 0 Å². The van der Waals surface area contributed by atoms with Gasteiger partial charge in [0.15, 0.2) is 0 Å². The predicted octanol–water partition coefficient (Wildman–Crippen LogP) is 5.81. The van der Waals surface area contributed by atoms with Crippen molar-refractivity contribution in [2.24, 2.45) is 4.99 Å². The maximum absolute atomic E-state index is 5.99. The minimum Gasteiger partial charge on any atom is -0.357 e. The van der Waals surface area contributed by atoms with Crippen molar-refractivity contribution in [3.8, 4) is 11.1 Å². The molecule has 1 aliphatic heterocycles. The molecule has 1 heterocycles. The van der Waals surface area contributed by atoms with E-state index in [1.807, 2.05) is 11.1 Å². The third-order valence-corrected chi connectivity index (χ3v) is 4.80. The molecular weight excluding hydrogens is 332 g/mol. The van der Waals surface area contributed by atoms with Crippen LogP contribution in [0.1, 0.15) is 31.9 Å². The van der Waals surface area contributed by atoms with E-state index >= 15 is 0 Å². The van der Waals surface area contributed by atoms with Crippen LogP contribution in [0.15, 0.2) is 83.9 Å². The van der Waals surface area contributed by atoms with Crippen LogP contribution in [0, 0.1) is 0 Å². The van der Waals surface area contributed by atoms with Crippen LogP contribution in [0.2, 0.25) is 0 Å². The average Bonchev–Trinajstić information content (AvgIpc) is 3.18. The van der Waals surface area contributed by atoms with E-state index in [0.717, 1.165) is 11.3 Å². The third-order valence-electron chi connectivity index (χ3n) is 4.80. The maximum atomic E-state index is 5.99. The number of aliphatic imine (C=N–C) groups is 1. The molecule has 0 saturated carbocycles. The van der Waals surface area contributed by atoms with E-state index in [9.17, 15) is 0 Å². The molecule has 0 unspecified atom stereocenters. The Morgan fingerprint density at radius 2 is 1.33 bits per heavy atom. The summed E-state index contributed by atoms with van der Waals surface area (Å²) in [7, 11) is 0. The predicted molar refractivity (Wildman–Crippen MR) is 112 cm³/mol. The van der Waals surface area contributed by atoms with Gasteiger partial charge < -0.3 is 4.84 Å². The molecule has 0 radical (unpaired) electrons. The summed E-state index contributed by atoms with van der Waals surface area (Å²) >= 11 is 0. The smallest absolute Gasteiger partial charge is 0.250 e. The van der Waals surface area contributed by atoms with Gasteiger partial charge in [-0.15, -0.1) is 0 Å². The Balaban J connectivity index is 1.46. The van der Waals surface area contributed by atoms with Gasteiger partial charge in [-0.25, -0.2) is 4.99 Å². The molecule has 0 atom stereocenters. The van der Waals surface area contributed by atoms with E-state index in [2.05, 4.69) is 98.6 Å². The summed E-state index contributed by atoms with van der Waals surface area (Å²) in [4.78, 5) is 10.5. The fraction of sp³-hybridized carbons (Fsp3) is 0.208. The van der Waals surface area contributed by atoms with Gasteiger partial charge in [-0.05, 0) is 46.4 Å². The molecule has 0 aliphatic carbocycles. The van der Waals surface area contributed by atoms with Crippen LogP contribution >= 0.6 is 0 Å². The number of benzene rings is 3. The lowest BCUT2D eigenvalue weighted by Crippen LogP contribution is -2.20. The van der Waals surface area contributed by atoms with E-state index in [-0.39, 0.29) is 5.41 Å². The highest BCUT2D eigenvalue weighted by Crippen LogP contribution is 2.27. The van der Waals surface area contributed by atoms with Gasteiger partial charge in [0.25, 0.3) is 5.90 Å². The van der Waals surface area contributed by atoms with E-state index < -0.39 is 0 Å². The molecule has 3 aromatic rings. The number of hydroxylamine groups is 1. The summed E-state index contributed by atoms with van der Waals surface area (Å²) in [5.74, 6) is 0.662. The van der Waals surface area contributed by atoms with Crippen molar-refractivity contribution in [3.63, 3.8) is 0 Å². The first-order valence-electron chi connectivity index (χ1n) is 9.27. The van der Waals surface area contributed by atoms with Crippen LogP contribution in [0.25, 0.3) is 11.1 Å². The summed E-state index contributed by atoms with van der Waals surface area (Å²) in [6.45, 7) is 7.16. The molecule has 0 N–H and O–H groups in total. The maximum Gasteiger partial charge on any atom is 0.250 e. The van der Waals surface area contributed by atoms with E-state index in [1.54, 1.807) is 0 Å². The molecule has 0 bridgehead atoms. The molecule has 3 aromatic carbocycles. The minimum atomic E-state index is 0.145. The molecule has 136 valence electrons. The zero-order valence-electron chi connectivity index (χ0n) is 16.0. The second-order valence-electron chi connectivity index (χ2n) is 7.81. The van der Waals surface area contributed by atoms with Crippen molar-refractivity contribution in [2.45, 2.75) is 26.2 Å². The lowest BCUT2D eigenvalue weighted by atomic mass is 9.87. The number of anilines is 1. The van der Waals surface area contributed by atoms with Gasteiger partial charge in [0.05, 0.1) is 5.69 Å². The molecular formula is C24H24N2O. The van der Waals surface area contributed by atoms with E-state index in [4.69, 9.17) is 4.84 Å². The monoisotopic (exact) mass is 356 g/mol. The Morgan fingerprint density at radius 1 is 0.741 bits per heavy atom. The largest absolute Gasteiger partial charge is 0.357 e. The average molecular weight is 356 g/mol. The minimum absolute atomic E-state index is 0.145. The second kappa shape index (κ2) is 6.92. The SMILES string of the molecule is CC(C)(C)c1ccc(N2CN=C(c3ccc(-c4ccccc4)cc3)O2)cc1. The fourth-order valence-electron chi connectivity index (χ4n) is 3.13. The van der Waals surface area contributed by atoms with Gasteiger partial charge in [0, 0.05) is 5.56 Å². The molecule has 1 aliphatic rings. The van der Waals surface area contributed by atoms with E-state index in [1.165, 1.54) is 16.7 Å². The summed E-state index contributed by atoms with van der Waals surface area (Å²) in [5, 5.41) is 1.83. The highest BCUT2D eigenvalue weighted by atomic mass is 16.7. The van der Waals surface area contributed by atoms with Crippen molar-refractivity contribution in [3.05, 3.63) is 90.0 Å². The zero-order valence-corrected chi connectivity index (χ0v) is 16.0. The van der Waals surface area contributed by atoms with Crippen LogP contribution in [-0.2, 0) is 10.3 Å². The molecule has 0 spiro atoms. The molecule has 3 nitrogen and oxygen atoms in total. The number of rotatable bonds is 3. The van der Waals surface area contributed by atoms with E-state index in [0.29, 0.717) is 12.6 Å². The number of hydrogen-bond acceptors (Lipinski definition) is 3. The molecule has 4 rings (SSSR count). The topological polar surface area (TPSA) is 24.8 Å². The second-order valence-corrected chi connectivity index (χ2v) is 7.81. The van der Waals surface area contributed by atoms with Crippen molar-refractivity contribution in [1.29, 1.82) is 0 Å². The summed E-state index contributed by atoms with van der Waals surface area (Å²) in [6, 6.07) is 27.2. The highest BCUT2D eigenvalue weighted by Gasteiger charge is 2.20. The molecule has 0 saturated heterocycles. The Bertz CT molecular complexity index is 936. The lowest BCUT2D eigenvalue weighted by molar-refractivity contribution is 0.300. The van der Waals surface area contributed by atoms with Gasteiger partial charge >= 0.3 is 0 Å². The third kappa shape index (κ3) is 3.72. The van der Waals surface area contributed by atoms with Gasteiger partial charge in [-0.3, -0.25) is 0 Å². The van der Waals surface area contributed by atoms with Gasteiger partial charge in [-0.2, -0.15) is 5.06 Å². The van der Waals surface area contributed by atoms with Crippen molar-refractivity contribution in [2.75, 3.05) is 11.7 Å². The molecule has 3 heteroatoms. The summed E-state index contributed by atoms with van der Waals surface area (Å²) < 4.78 is 0. The summed E-state index contributed by atoms with van der Waals surface area (Å²) in [5.41, 5.74) is 5.85. The fourth-order valence-corrected chi connectivity index (χ4v) is 3.13. The molecule has 0 aromatic heterocycles. The Hall–Kier alpha value is -3.07. The van der Waals surface area contributed by atoms with Crippen molar-refractivity contribution in [1.82, 2.24) is 0 Å². The number of nitrogens with zero attached hydrogens (tertiary/aromatic N) is 2. The normalized spacial score (nSPS) is 14.0. The standard InChI is InChI=1S/C24H24N2O/c1-24(2,3)21-13-15-22(16-14-21)26-17-25-23(27-26)20-11-9-19(10-12-20)18-7-5-4-6-8-18/h4-16H,17H2,1-3H3. The van der Waals surface area contributed by atoms with Crippen LogP contribution in [0.4, 0.5) is 5.69 Å². The Kier molecular flexibility index (Phi) is 4.44. The zero-order chi connectivity index (χ0) is 18.9. The van der Waals surface area contributed by atoms with Gasteiger partial charge in [0.1, 0.15) is 6.67 Å². The molecule has 0 fully saturated rings. The molecule has 0 amide bonds. The first kappa shape index (κ1) is 17.3. The lowest BCUT2D eigenvalue weighted by Gasteiger charge is -2.21. The van der Waals surface area contributed by atoms with Gasteiger partial charge in [-0.1, -0.05) is 75.4 Å². The Labute approximate surface area is 160 Å². The van der Waals surface area contributed by atoms with Crippen LogP contribution in [0.5, 0.6) is 0 Å². The first-order valence-corrected chi connectivity index (χ1v) is 9.27.